The number of hydrogen-bond donors (Lipinski definition) is 1. The van der Waals surface area contributed by atoms with E-state index < -0.39 is 0 Å². The lowest BCUT2D eigenvalue weighted by molar-refractivity contribution is -0.141. The first-order valence-electron chi connectivity index (χ1n) is 6.68. The fraction of sp³-hybridized carbons (Fsp3) is 0.846. The molecule has 19 heavy (non-hydrogen) atoms. The molecule has 6 nitrogen and oxygen atoms in total. The van der Waals surface area contributed by atoms with Crippen LogP contribution < -0.4 is 5.32 Å². The Morgan fingerprint density at radius 2 is 2.00 bits per heavy atom. The monoisotopic (exact) mass is 272 g/mol. The fourth-order valence-electron chi connectivity index (χ4n) is 1.76. The zero-order chi connectivity index (χ0) is 14.3. The number of nitrogens with zero attached hydrogens (tertiary/aromatic N) is 1. The number of hydrogen-bond acceptors (Lipinski definition) is 5. The van der Waals surface area contributed by atoms with Gasteiger partial charge >= 0.3 is 5.97 Å². The summed E-state index contributed by atoms with van der Waals surface area (Å²) in [6.45, 7) is 3.49. The number of nitrogens with one attached hydrogen (secondary N) is 1. The van der Waals surface area contributed by atoms with Crippen LogP contribution in [0.5, 0.6) is 0 Å². The average Bonchev–Trinajstić information content (AvgIpc) is 3.21. The van der Waals surface area contributed by atoms with Gasteiger partial charge in [-0.25, -0.2) is 0 Å². The summed E-state index contributed by atoms with van der Waals surface area (Å²) < 4.78 is 9.66. The summed E-state index contributed by atoms with van der Waals surface area (Å²) >= 11 is 0. The summed E-state index contributed by atoms with van der Waals surface area (Å²) in [6.07, 6.45) is 2.42. The highest BCUT2D eigenvalue weighted by Crippen LogP contribution is 2.19. The number of esters is 1. The van der Waals surface area contributed by atoms with E-state index >= 15 is 0 Å². The highest BCUT2D eigenvalue weighted by atomic mass is 16.5. The molecular weight excluding hydrogens is 248 g/mol. The molecule has 110 valence electrons. The Balaban J connectivity index is 2.44. The summed E-state index contributed by atoms with van der Waals surface area (Å²) in [7, 11) is 2.98. The topological polar surface area (TPSA) is 67.9 Å². The average molecular weight is 272 g/mol. The van der Waals surface area contributed by atoms with Gasteiger partial charge in [-0.1, -0.05) is 0 Å². The zero-order valence-electron chi connectivity index (χ0n) is 12.0. The van der Waals surface area contributed by atoms with E-state index in [0.717, 1.165) is 12.8 Å². The van der Waals surface area contributed by atoms with Crippen LogP contribution in [0.3, 0.4) is 0 Å². The highest BCUT2D eigenvalue weighted by molar-refractivity contribution is 5.82. The molecule has 1 fully saturated rings. The van der Waals surface area contributed by atoms with Crippen molar-refractivity contribution < 1.29 is 19.1 Å². The van der Waals surface area contributed by atoms with Gasteiger partial charge in [0.15, 0.2) is 0 Å². The van der Waals surface area contributed by atoms with Crippen LogP contribution in [-0.2, 0) is 19.1 Å². The minimum atomic E-state index is -0.266. The van der Waals surface area contributed by atoms with Crippen LogP contribution >= 0.6 is 0 Å². The van der Waals surface area contributed by atoms with Crippen molar-refractivity contribution in [3.05, 3.63) is 0 Å². The summed E-state index contributed by atoms with van der Waals surface area (Å²) in [5.41, 5.74) is 0. The normalized spacial score (nSPS) is 16.2. The van der Waals surface area contributed by atoms with Crippen molar-refractivity contribution in [2.45, 2.75) is 38.3 Å². The minimum absolute atomic E-state index is 0.0171. The molecule has 1 unspecified atom stereocenters. The van der Waals surface area contributed by atoms with E-state index in [0.29, 0.717) is 25.7 Å². The third kappa shape index (κ3) is 6.02. The van der Waals surface area contributed by atoms with Crippen LogP contribution in [0.15, 0.2) is 0 Å². The predicted molar refractivity (Wildman–Crippen MR) is 70.7 cm³/mol. The molecule has 0 saturated heterocycles. The Labute approximate surface area is 114 Å². The van der Waals surface area contributed by atoms with E-state index in [1.807, 2.05) is 11.8 Å². The van der Waals surface area contributed by atoms with Gasteiger partial charge in [-0.05, 0) is 19.8 Å². The van der Waals surface area contributed by atoms with Gasteiger partial charge in [0.05, 0.1) is 26.2 Å². The van der Waals surface area contributed by atoms with Crippen molar-refractivity contribution in [3.8, 4) is 0 Å². The molecule has 0 spiro atoms. The maximum atomic E-state index is 12.0. The SMILES string of the molecule is COCCN(CCC(=O)OC)C(C)C(=O)NC1CC1. The molecule has 1 N–H and O–H groups in total. The molecule has 1 aliphatic carbocycles. The first-order valence-corrected chi connectivity index (χ1v) is 6.68. The minimum Gasteiger partial charge on any atom is -0.469 e. The van der Waals surface area contributed by atoms with Crippen molar-refractivity contribution in [3.63, 3.8) is 0 Å². The lowest BCUT2D eigenvalue weighted by Crippen LogP contribution is -2.47. The molecule has 0 aromatic carbocycles. The van der Waals surface area contributed by atoms with Gasteiger partial charge < -0.3 is 14.8 Å². The standard InChI is InChI=1S/C13H24N2O4/c1-10(13(17)14-11-4-5-11)15(8-9-18-2)7-6-12(16)19-3/h10-11H,4-9H2,1-3H3,(H,14,17). The van der Waals surface area contributed by atoms with Gasteiger partial charge in [0.2, 0.25) is 5.91 Å². The van der Waals surface area contributed by atoms with Crippen LogP contribution in [0, 0.1) is 0 Å². The van der Waals surface area contributed by atoms with Crippen molar-refractivity contribution in [2.75, 3.05) is 33.9 Å². The second-order valence-corrected chi connectivity index (χ2v) is 4.81. The molecule has 0 bridgehead atoms. The first-order chi connectivity index (χ1) is 9.08. The van der Waals surface area contributed by atoms with Crippen LogP contribution in [0.4, 0.5) is 0 Å². The summed E-state index contributed by atoms with van der Waals surface area (Å²) in [5.74, 6) is -0.249. The van der Waals surface area contributed by atoms with Crippen molar-refractivity contribution in [1.82, 2.24) is 10.2 Å². The van der Waals surface area contributed by atoms with E-state index in [-0.39, 0.29) is 24.3 Å². The molecule has 0 heterocycles. The molecule has 1 saturated carbocycles. The summed E-state index contributed by atoms with van der Waals surface area (Å²) in [5, 5.41) is 2.97. The molecule has 1 amide bonds. The zero-order valence-corrected chi connectivity index (χ0v) is 12.0. The van der Waals surface area contributed by atoms with Crippen LogP contribution in [0.25, 0.3) is 0 Å². The maximum Gasteiger partial charge on any atom is 0.306 e. The highest BCUT2D eigenvalue weighted by Gasteiger charge is 2.28. The summed E-state index contributed by atoms with van der Waals surface area (Å²) in [4.78, 5) is 25.1. The second-order valence-electron chi connectivity index (χ2n) is 4.81. The second kappa shape index (κ2) is 8.12. The van der Waals surface area contributed by atoms with Gasteiger partial charge in [0.1, 0.15) is 0 Å². The van der Waals surface area contributed by atoms with Crippen molar-refractivity contribution >= 4 is 11.9 Å². The number of carbonyl (C=O) groups excluding carboxylic acids is 2. The van der Waals surface area contributed by atoms with Gasteiger partial charge in [0.25, 0.3) is 0 Å². The number of carbonyl (C=O) groups is 2. The maximum absolute atomic E-state index is 12.0. The van der Waals surface area contributed by atoms with Crippen LogP contribution in [0.1, 0.15) is 26.2 Å². The quantitative estimate of drug-likeness (QED) is 0.606. The predicted octanol–water partition coefficient (Wildman–Crippen LogP) is 0.165. The molecule has 1 rings (SSSR count). The molecule has 0 aromatic rings. The molecular formula is C13H24N2O4. The largest absolute Gasteiger partial charge is 0.469 e. The molecule has 0 radical (unpaired) electrons. The van der Waals surface area contributed by atoms with Gasteiger partial charge in [-0.3, -0.25) is 14.5 Å². The van der Waals surface area contributed by atoms with E-state index in [1.54, 1.807) is 7.11 Å². The van der Waals surface area contributed by atoms with Gasteiger partial charge in [0, 0.05) is 26.2 Å². The Bertz CT molecular complexity index is 305. The van der Waals surface area contributed by atoms with E-state index in [1.165, 1.54) is 7.11 Å². The van der Waals surface area contributed by atoms with E-state index in [2.05, 4.69) is 10.1 Å². The molecule has 6 heteroatoms. The number of ether oxygens (including phenoxy) is 2. The third-order valence-electron chi connectivity index (χ3n) is 3.26. The van der Waals surface area contributed by atoms with Gasteiger partial charge in [-0.2, -0.15) is 0 Å². The molecule has 1 atom stereocenters. The molecule has 0 aliphatic heterocycles. The van der Waals surface area contributed by atoms with Crippen molar-refractivity contribution in [2.24, 2.45) is 0 Å². The van der Waals surface area contributed by atoms with Gasteiger partial charge in [-0.15, -0.1) is 0 Å². The third-order valence-corrected chi connectivity index (χ3v) is 3.26. The smallest absolute Gasteiger partial charge is 0.306 e. The lowest BCUT2D eigenvalue weighted by Gasteiger charge is -2.27. The molecule has 0 aromatic heterocycles. The van der Waals surface area contributed by atoms with Crippen molar-refractivity contribution in [1.29, 1.82) is 0 Å². The Morgan fingerprint density at radius 3 is 2.53 bits per heavy atom. The van der Waals surface area contributed by atoms with E-state index in [9.17, 15) is 9.59 Å². The number of amides is 1. The first kappa shape index (κ1) is 15.9. The Morgan fingerprint density at radius 1 is 1.32 bits per heavy atom. The number of rotatable bonds is 9. The number of methoxy groups -OCH3 is 2. The lowest BCUT2D eigenvalue weighted by atomic mass is 10.2. The Hall–Kier alpha value is -1.14. The van der Waals surface area contributed by atoms with Crippen LogP contribution in [-0.4, -0.2) is 62.8 Å². The summed E-state index contributed by atoms with van der Waals surface area (Å²) in [6, 6.07) is 0.0836. The van der Waals surface area contributed by atoms with E-state index in [4.69, 9.17) is 4.74 Å². The molecule has 1 aliphatic rings. The van der Waals surface area contributed by atoms with Crippen LogP contribution in [0.2, 0.25) is 0 Å². The Kier molecular flexibility index (Phi) is 6.80. The fourth-order valence-corrected chi connectivity index (χ4v) is 1.76.